The highest BCUT2D eigenvalue weighted by atomic mass is 35.5. The Morgan fingerprint density at radius 1 is 1.03 bits per heavy atom. The van der Waals surface area contributed by atoms with Gasteiger partial charge in [-0.3, -0.25) is 4.57 Å². The van der Waals surface area contributed by atoms with Crippen LogP contribution < -0.4 is 16.1 Å². The Bertz CT molecular complexity index is 1330. The lowest BCUT2D eigenvalue weighted by Gasteiger charge is -2.46. The maximum absolute atomic E-state index is 12.9. The molecule has 1 aliphatic rings. The lowest BCUT2D eigenvalue weighted by Crippen LogP contribution is -2.67. The van der Waals surface area contributed by atoms with E-state index < -0.39 is 8.32 Å². The van der Waals surface area contributed by atoms with Crippen LogP contribution in [0.25, 0.3) is 11.2 Å². The molecular weight excluding hydrogens is 476 g/mol. The lowest BCUT2D eigenvalue weighted by molar-refractivity contribution is 0.116. The Morgan fingerprint density at radius 2 is 1.66 bits per heavy atom. The number of aromatic amines is 1. The fraction of sp³-hybridized carbons (Fsp3) is 0.370. The summed E-state index contributed by atoms with van der Waals surface area (Å²) in [5, 5.41) is 2.58. The molecule has 0 aliphatic heterocycles. The van der Waals surface area contributed by atoms with Crippen LogP contribution in [0.1, 0.15) is 52.5 Å². The largest absolute Gasteiger partial charge is 0.404 e. The quantitative estimate of drug-likeness (QED) is 0.311. The van der Waals surface area contributed by atoms with Crippen molar-refractivity contribution < 1.29 is 4.43 Å². The normalized spacial score (nSPS) is 19.2. The van der Waals surface area contributed by atoms with Crippen LogP contribution in [-0.4, -0.2) is 33.9 Å². The molecule has 1 saturated carbocycles. The van der Waals surface area contributed by atoms with Gasteiger partial charge in [0.2, 0.25) is 5.28 Å². The predicted octanol–water partition coefficient (Wildman–Crippen LogP) is 4.83. The maximum Gasteiger partial charge on any atom is 0.327 e. The fourth-order valence-electron chi connectivity index (χ4n) is 5.64. The van der Waals surface area contributed by atoms with Gasteiger partial charge in [0.25, 0.3) is 8.32 Å². The molecule has 2 atom stereocenters. The summed E-state index contributed by atoms with van der Waals surface area (Å²) in [4.78, 5) is 24.2. The monoisotopic (exact) mass is 506 g/mol. The topological polar surface area (TPSA) is 72.8 Å². The molecular formula is C27H31ClN4O2Si. The number of hydrogen-bond acceptors (Lipinski definition) is 4. The van der Waals surface area contributed by atoms with Crippen molar-refractivity contribution in [3.05, 3.63) is 82.6 Å². The van der Waals surface area contributed by atoms with Crippen LogP contribution in [0.2, 0.25) is 10.3 Å². The lowest BCUT2D eigenvalue weighted by atomic mass is 9.93. The third kappa shape index (κ3) is 4.37. The van der Waals surface area contributed by atoms with Crippen LogP contribution in [0, 0.1) is 0 Å². The Kier molecular flexibility index (Phi) is 6.42. The fourth-order valence-corrected chi connectivity index (χ4v) is 10.5. The van der Waals surface area contributed by atoms with Gasteiger partial charge in [0.1, 0.15) is 5.52 Å². The number of aromatic nitrogens is 4. The number of nitrogens with zero attached hydrogens (tertiary/aromatic N) is 3. The first-order chi connectivity index (χ1) is 16.8. The molecule has 2 aromatic heterocycles. The first kappa shape index (κ1) is 24.0. The minimum atomic E-state index is -2.67. The molecule has 2 aromatic carbocycles. The van der Waals surface area contributed by atoms with E-state index in [9.17, 15) is 4.79 Å². The number of nitrogens with one attached hydrogen (secondary N) is 1. The molecule has 0 amide bonds. The third-order valence-electron chi connectivity index (χ3n) is 7.15. The van der Waals surface area contributed by atoms with Crippen LogP contribution in [0.4, 0.5) is 0 Å². The minimum absolute atomic E-state index is 0.0146. The van der Waals surface area contributed by atoms with Gasteiger partial charge in [0, 0.05) is 12.1 Å². The van der Waals surface area contributed by atoms with E-state index in [0.717, 1.165) is 25.7 Å². The number of hydrogen-bond donors (Lipinski definition) is 1. The van der Waals surface area contributed by atoms with Gasteiger partial charge in [-0.1, -0.05) is 81.4 Å². The van der Waals surface area contributed by atoms with Gasteiger partial charge in [-0.05, 0) is 52.7 Å². The van der Waals surface area contributed by atoms with E-state index in [4.69, 9.17) is 16.0 Å². The molecule has 0 bridgehead atoms. The minimum Gasteiger partial charge on any atom is -0.404 e. The van der Waals surface area contributed by atoms with Crippen molar-refractivity contribution in [3.8, 4) is 0 Å². The highest BCUT2D eigenvalue weighted by Gasteiger charge is 2.51. The number of H-pyrrole nitrogens is 1. The molecule has 182 valence electrons. The summed E-state index contributed by atoms with van der Waals surface area (Å²) in [7, 11) is -2.67. The van der Waals surface area contributed by atoms with Gasteiger partial charge < -0.3 is 9.41 Å². The van der Waals surface area contributed by atoms with Gasteiger partial charge in [-0.25, -0.2) is 9.78 Å². The molecule has 2 unspecified atom stereocenters. The number of fused-ring (bicyclic) bond motifs is 1. The van der Waals surface area contributed by atoms with E-state index in [1.54, 1.807) is 10.8 Å². The summed E-state index contributed by atoms with van der Waals surface area (Å²) < 4.78 is 9.13. The second-order valence-corrected chi connectivity index (χ2v) is 15.0. The van der Waals surface area contributed by atoms with E-state index in [1.807, 2.05) is 0 Å². The van der Waals surface area contributed by atoms with Crippen molar-refractivity contribution in [1.82, 2.24) is 19.5 Å². The SMILES string of the molecule is CC(C)(C)[Si](OC1CCCC(n2c(=O)[nH]c3cnc(Cl)nc32)C1)(c1ccccc1)c1ccccc1. The summed E-state index contributed by atoms with van der Waals surface area (Å²) in [5.74, 6) is 0. The smallest absolute Gasteiger partial charge is 0.327 e. The summed E-state index contributed by atoms with van der Waals surface area (Å²) in [5.41, 5.74) is 0.994. The number of benzene rings is 2. The highest BCUT2D eigenvalue weighted by molar-refractivity contribution is 6.99. The average Bonchev–Trinajstić information content (AvgIpc) is 3.18. The van der Waals surface area contributed by atoms with Crippen molar-refractivity contribution in [2.75, 3.05) is 0 Å². The predicted molar refractivity (Wildman–Crippen MR) is 143 cm³/mol. The van der Waals surface area contributed by atoms with Crippen molar-refractivity contribution in [2.45, 2.75) is 63.6 Å². The molecule has 5 rings (SSSR count). The van der Waals surface area contributed by atoms with Crippen LogP contribution in [-0.2, 0) is 4.43 Å². The van der Waals surface area contributed by atoms with Crippen LogP contribution in [0.15, 0.2) is 71.7 Å². The van der Waals surface area contributed by atoms with Crippen LogP contribution >= 0.6 is 11.6 Å². The Balaban J connectivity index is 1.56. The van der Waals surface area contributed by atoms with Crippen molar-refractivity contribution >= 4 is 41.5 Å². The van der Waals surface area contributed by atoms with Gasteiger partial charge in [-0.2, -0.15) is 4.98 Å². The number of rotatable bonds is 5. The van der Waals surface area contributed by atoms with Crippen molar-refractivity contribution in [1.29, 1.82) is 0 Å². The Labute approximate surface area is 211 Å². The molecule has 8 heteroatoms. The standard InChI is InChI=1S/C27H31ClN4O2Si/c1-27(2,3)35(21-13-6-4-7-14-21,22-15-8-5-9-16-22)34-20-12-10-11-19(17-20)32-24-23(30-26(32)33)18-29-25(28)31-24/h4-9,13-16,18-20H,10-12,17H2,1-3H3,(H,30,33). The molecule has 2 heterocycles. The molecule has 35 heavy (non-hydrogen) atoms. The molecule has 1 fully saturated rings. The summed E-state index contributed by atoms with van der Waals surface area (Å²) in [6.45, 7) is 6.88. The second-order valence-electron chi connectivity index (χ2n) is 10.4. The maximum atomic E-state index is 12.9. The van der Waals surface area contributed by atoms with Gasteiger partial charge in [-0.15, -0.1) is 0 Å². The van der Waals surface area contributed by atoms with Gasteiger partial charge >= 0.3 is 5.69 Å². The Morgan fingerprint density at radius 3 is 2.26 bits per heavy atom. The molecule has 0 spiro atoms. The van der Waals surface area contributed by atoms with Crippen LogP contribution in [0.3, 0.4) is 0 Å². The molecule has 6 nitrogen and oxygen atoms in total. The molecule has 4 aromatic rings. The first-order valence-corrected chi connectivity index (χ1v) is 14.5. The Hall–Kier alpha value is -2.74. The number of imidazole rings is 1. The summed E-state index contributed by atoms with van der Waals surface area (Å²) in [6, 6.07) is 21.4. The van der Waals surface area contributed by atoms with E-state index in [2.05, 4.69) is 96.4 Å². The zero-order chi connectivity index (χ0) is 24.6. The average molecular weight is 507 g/mol. The summed E-state index contributed by atoms with van der Waals surface area (Å²) >= 11 is 6.07. The van der Waals surface area contributed by atoms with E-state index in [1.165, 1.54) is 10.4 Å². The van der Waals surface area contributed by atoms with E-state index in [-0.39, 0.29) is 28.2 Å². The molecule has 1 N–H and O–H groups in total. The zero-order valence-corrected chi connectivity index (χ0v) is 22.1. The van der Waals surface area contributed by atoms with Crippen LogP contribution in [0.5, 0.6) is 0 Å². The molecule has 0 radical (unpaired) electrons. The van der Waals surface area contributed by atoms with E-state index in [0.29, 0.717) is 11.2 Å². The second kappa shape index (κ2) is 9.37. The zero-order valence-electron chi connectivity index (χ0n) is 20.4. The summed E-state index contributed by atoms with van der Waals surface area (Å²) in [6.07, 6.45) is 5.18. The number of halogens is 1. The highest BCUT2D eigenvalue weighted by Crippen LogP contribution is 2.40. The molecule has 0 saturated heterocycles. The van der Waals surface area contributed by atoms with Crippen molar-refractivity contribution in [3.63, 3.8) is 0 Å². The van der Waals surface area contributed by atoms with E-state index >= 15 is 0 Å². The van der Waals surface area contributed by atoms with Gasteiger partial charge in [0.15, 0.2) is 5.65 Å². The van der Waals surface area contributed by atoms with Crippen molar-refractivity contribution in [2.24, 2.45) is 0 Å². The van der Waals surface area contributed by atoms with Gasteiger partial charge in [0.05, 0.1) is 6.20 Å². The molecule has 1 aliphatic carbocycles. The first-order valence-electron chi connectivity index (χ1n) is 12.2. The third-order valence-corrected chi connectivity index (χ3v) is 12.4.